The maximum atomic E-state index is 6.71. The lowest BCUT2D eigenvalue weighted by Gasteiger charge is -2.20. The molecule has 0 saturated heterocycles. The highest BCUT2D eigenvalue weighted by Crippen LogP contribution is 2.45. The van der Waals surface area contributed by atoms with Crippen LogP contribution in [-0.4, -0.2) is 13.2 Å². The molecule has 4 heterocycles. The highest BCUT2D eigenvalue weighted by atomic mass is 16.5. The number of ether oxygens (including phenoxy) is 2. The molecule has 6 nitrogen and oxygen atoms in total. The molecule has 0 fully saturated rings. The first-order valence-electron chi connectivity index (χ1n) is 21.8. The maximum Gasteiger partial charge on any atom is 0.169 e. The Labute approximate surface area is 355 Å². The molecule has 0 aliphatic heterocycles. The van der Waals surface area contributed by atoms with E-state index in [0.29, 0.717) is 13.2 Å². The highest BCUT2D eigenvalue weighted by molar-refractivity contribution is 6.09. The van der Waals surface area contributed by atoms with Gasteiger partial charge in [0.15, 0.2) is 49.6 Å². The Morgan fingerprint density at radius 1 is 0.350 bits per heavy atom. The van der Waals surface area contributed by atoms with Crippen molar-refractivity contribution in [3.05, 3.63) is 171 Å². The Morgan fingerprint density at radius 3 is 1.10 bits per heavy atom. The average molecular weight is 795 g/mol. The van der Waals surface area contributed by atoms with Crippen molar-refractivity contribution in [3.63, 3.8) is 0 Å². The largest absolute Gasteiger partial charge is 0.493 e. The van der Waals surface area contributed by atoms with E-state index in [1.165, 1.54) is 56.6 Å². The van der Waals surface area contributed by atoms with Gasteiger partial charge in [-0.15, -0.1) is 0 Å². The quantitative estimate of drug-likeness (QED) is 0.0604. The molecule has 0 aliphatic rings. The Hall–Kier alpha value is -6.40. The first kappa shape index (κ1) is 40.4. The second-order valence-corrected chi connectivity index (χ2v) is 16.0. The van der Waals surface area contributed by atoms with E-state index in [0.717, 1.165) is 74.2 Å². The van der Waals surface area contributed by atoms with Crippen molar-refractivity contribution in [1.29, 1.82) is 0 Å². The summed E-state index contributed by atoms with van der Waals surface area (Å²) in [5.74, 6) is 1.84. The maximum absolute atomic E-state index is 6.71. The lowest BCUT2D eigenvalue weighted by atomic mass is 9.92. The van der Waals surface area contributed by atoms with Crippen molar-refractivity contribution < 1.29 is 27.7 Å². The van der Waals surface area contributed by atoms with E-state index >= 15 is 0 Å². The summed E-state index contributed by atoms with van der Waals surface area (Å²) >= 11 is 0. The third kappa shape index (κ3) is 10.2. The van der Waals surface area contributed by atoms with E-state index in [4.69, 9.17) is 9.47 Å². The van der Waals surface area contributed by atoms with E-state index in [-0.39, 0.29) is 0 Å². The van der Waals surface area contributed by atoms with E-state index in [1.54, 1.807) is 0 Å². The molecule has 8 aromatic rings. The number of hydrogen-bond acceptors (Lipinski definition) is 2. The number of nitrogens with zero attached hydrogens (tertiary/aromatic N) is 4. The molecule has 0 N–H and O–H groups in total. The van der Waals surface area contributed by atoms with Crippen LogP contribution >= 0.6 is 0 Å². The van der Waals surface area contributed by atoms with Crippen molar-refractivity contribution in [3.8, 4) is 44.9 Å². The van der Waals surface area contributed by atoms with Crippen LogP contribution in [0.5, 0.6) is 11.5 Å². The fourth-order valence-electron chi connectivity index (χ4n) is 8.11. The van der Waals surface area contributed by atoms with Crippen LogP contribution in [0.1, 0.15) is 51.4 Å². The topological polar surface area (TPSA) is 34.0 Å². The van der Waals surface area contributed by atoms with Crippen molar-refractivity contribution in [2.45, 2.75) is 64.5 Å². The van der Waals surface area contributed by atoms with Gasteiger partial charge in [0.05, 0.1) is 13.2 Å². The summed E-state index contributed by atoms with van der Waals surface area (Å²) in [7, 11) is 4.09. The van der Waals surface area contributed by atoms with Crippen LogP contribution in [0.4, 0.5) is 0 Å². The lowest BCUT2D eigenvalue weighted by Crippen LogP contribution is -2.32. The van der Waals surface area contributed by atoms with Crippen LogP contribution in [0, 0.1) is 0 Å². The van der Waals surface area contributed by atoms with Gasteiger partial charge in [-0.1, -0.05) is 60.7 Å². The molecule has 0 amide bonds. The zero-order valence-electron chi connectivity index (χ0n) is 35.3. The standard InChI is InChI=1S/C54H58N4O2/c1-55-33-23-43(24-34-55)45-27-37-57(38-28-45)31-11-3-5-13-41-59-51-21-19-47-15-7-9-17-49(47)53(51)54-50-18-10-8-16-48(50)20-22-52(54)60-42-14-6-4-12-32-58-39-29-46(30-40-58)44-25-35-56(2)36-26-44/h7-10,15-30,33-40H,3-6,11-14,31-32,41-42H2,1-2H3/q+4. The number of aromatic nitrogens is 4. The number of benzene rings is 4. The van der Waals surface area contributed by atoms with Crippen molar-refractivity contribution in [1.82, 2.24) is 0 Å². The minimum absolute atomic E-state index is 0.678. The van der Waals surface area contributed by atoms with Gasteiger partial charge in [0.1, 0.15) is 38.7 Å². The molecule has 302 valence electrons. The summed E-state index contributed by atoms with van der Waals surface area (Å²) < 4.78 is 22.1. The summed E-state index contributed by atoms with van der Waals surface area (Å²) in [4.78, 5) is 0. The Bertz CT molecular complexity index is 2420. The zero-order valence-corrected chi connectivity index (χ0v) is 35.3. The molecular weight excluding hydrogens is 737 g/mol. The number of unbranched alkanes of at least 4 members (excludes halogenated alkanes) is 6. The average Bonchev–Trinajstić information content (AvgIpc) is 3.29. The van der Waals surface area contributed by atoms with Gasteiger partial charge in [-0.25, -0.2) is 18.3 Å². The SMILES string of the molecule is C[n+]1ccc(-c2cc[n+](CCCCCCOc3ccc4ccccc4c3-c3c(OCCCCCC[n+]4ccc(-c5cc[n+](C)cc5)cc4)ccc4ccccc34)cc2)cc1. The van der Waals surface area contributed by atoms with E-state index in [1.807, 2.05) is 14.1 Å². The van der Waals surface area contributed by atoms with Gasteiger partial charge in [-0.2, -0.15) is 0 Å². The Morgan fingerprint density at radius 2 is 0.700 bits per heavy atom. The Kier molecular flexibility index (Phi) is 13.5. The molecule has 60 heavy (non-hydrogen) atoms. The molecule has 0 aliphatic carbocycles. The minimum Gasteiger partial charge on any atom is -0.493 e. The lowest BCUT2D eigenvalue weighted by molar-refractivity contribution is -0.697. The van der Waals surface area contributed by atoms with Gasteiger partial charge in [0.2, 0.25) is 0 Å². The third-order valence-electron chi connectivity index (χ3n) is 11.6. The fourth-order valence-corrected chi connectivity index (χ4v) is 8.11. The fraction of sp³-hybridized carbons (Fsp3) is 0.259. The molecule has 4 aromatic heterocycles. The van der Waals surface area contributed by atoms with Crippen molar-refractivity contribution in [2.24, 2.45) is 14.1 Å². The first-order valence-corrected chi connectivity index (χ1v) is 21.8. The summed E-state index contributed by atoms with van der Waals surface area (Å²) in [5.41, 5.74) is 7.22. The predicted octanol–water partition coefficient (Wildman–Crippen LogP) is 10.5. The minimum atomic E-state index is 0.678. The van der Waals surface area contributed by atoms with Crippen LogP contribution in [0.25, 0.3) is 54.9 Å². The number of rotatable bonds is 19. The summed E-state index contributed by atoms with van der Waals surface area (Å²) in [6, 6.07) is 43.5. The van der Waals surface area contributed by atoms with E-state index < -0.39 is 0 Å². The summed E-state index contributed by atoms with van der Waals surface area (Å²) in [5, 5.41) is 4.76. The van der Waals surface area contributed by atoms with Gasteiger partial charge in [-0.3, -0.25) is 0 Å². The van der Waals surface area contributed by atoms with Crippen molar-refractivity contribution in [2.75, 3.05) is 13.2 Å². The van der Waals surface area contributed by atoms with Gasteiger partial charge < -0.3 is 9.47 Å². The monoisotopic (exact) mass is 794 g/mol. The van der Waals surface area contributed by atoms with Crippen LogP contribution < -0.4 is 27.7 Å². The van der Waals surface area contributed by atoms with Crippen LogP contribution in [-0.2, 0) is 27.2 Å². The van der Waals surface area contributed by atoms with Crippen LogP contribution in [0.2, 0.25) is 0 Å². The van der Waals surface area contributed by atoms with Crippen molar-refractivity contribution >= 4 is 21.5 Å². The first-order chi connectivity index (χ1) is 29.6. The summed E-state index contributed by atoms with van der Waals surface area (Å²) in [6.07, 6.45) is 26.1. The number of hydrogen-bond donors (Lipinski definition) is 0. The third-order valence-corrected chi connectivity index (χ3v) is 11.6. The molecule has 0 radical (unpaired) electrons. The van der Waals surface area contributed by atoms with Crippen LogP contribution in [0.3, 0.4) is 0 Å². The number of aryl methyl sites for hydroxylation is 4. The Balaban J connectivity index is 0.864. The number of pyridine rings is 4. The molecule has 6 heteroatoms. The second kappa shape index (κ2) is 20.0. The van der Waals surface area contributed by atoms with Gasteiger partial charge in [-0.05, 0) is 94.5 Å². The van der Waals surface area contributed by atoms with Gasteiger partial charge in [0, 0.05) is 72.5 Å². The molecule has 0 bridgehead atoms. The van der Waals surface area contributed by atoms with E-state index in [9.17, 15) is 0 Å². The molecule has 4 aromatic carbocycles. The normalized spacial score (nSPS) is 11.3. The summed E-state index contributed by atoms with van der Waals surface area (Å²) in [6.45, 7) is 3.40. The molecule has 0 unspecified atom stereocenters. The highest BCUT2D eigenvalue weighted by Gasteiger charge is 2.19. The molecule has 0 spiro atoms. The molecule has 0 atom stereocenters. The smallest absolute Gasteiger partial charge is 0.169 e. The van der Waals surface area contributed by atoms with E-state index in [2.05, 4.69) is 189 Å². The van der Waals surface area contributed by atoms with Gasteiger partial charge >= 0.3 is 0 Å². The zero-order chi connectivity index (χ0) is 40.9. The second-order valence-electron chi connectivity index (χ2n) is 16.0. The molecular formula is C54H58N4O2+4. The molecule has 0 saturated carbocycles. The van der Waals surface area contributed by atoms with Crippen LogP contribution in [0.15, 0.2) is 171 Å². The molecule has 8 rings (SSSR count). The predicted molar refractivity (Wildman–Crippen MR) is 241 cm³/mol. The van der Waals surface area contributed by atoms with Gasteiger partial charge in [0.25, 0.3) is 0 Å². The number of fused-ring (bicyclic) bond motifs is 2.